The molecule has 0 aliphatic carbocycles. The van der Waals surface area contributed by atoms with Crippen LogP contribution in [0, 0.1) is 6.92 Å². The molecule has 1 aromatic rings. The number of hydrogen-bond donors (Lipinski definition) is 0. The number of hydrogen-bond acceptors (Lipinski definition) is 4. The van der Waals surface area contributed by atoms with E-state index in [-0.39, 0.29) is 5.97 Å². The lowest BCUT2D eigenvalue weighted by atomic mass is 10.1. The van der Waals surface area contributed by atoms with E-state index in [1.165, 1.54) is 4.88 Å². The molecule has 0 saturated carbocycles. The molecule has 16 heavy (non-hydrogen) atoms. The van der Waals surface area contributed by atoms with Crippen LogP contribution in [0.4, 0.5) is 0 Å². The molecule has 0 saturated heterocycles. The van der Waals surface area contributed by atoms with Gasteiger partial charge in [-0.2, -0.15) is 0 Å². The van der Waals surface area contributed by atoms with Crippen LogP contribution in [0.25, 0.3) is 6.08 Å². The number of rotatable bonds is 3. The summed E-state index contributed by atoms with van der Waals surface area (Å²) in [6, 6.07) is 4.04. The summed E-state index contributed by atoms with van der Waals surface area (Å²) in [6.45, 7) is 4.10. The quantitative estimate of drug-likeness (QED) is 0.596. The molecule has 2 rings (SSSR count). The van der Waals surface area contributed by atoms with Crippen LogP contribution < -0.4 is 0 Å². The van der Waals surface area contributed by atoms with E-state index in [1.54, 1.807) is 11.3 Å². The van der Waals surface area contributed by atoms with E-state index in [1.807, 2.05) is 25.1 Å². The molecule has 84 valence electrons. The van der Waals surface area contributed by atoms with Crippen LogP contribution in [0.3, 0.4) is 0 Å². The number of nitrogens with zero attached hydrogens (tertiary/aromatic N) is 1. The van der Waals surface area contributed by atoms with Crippen molar-refractivity contribution in [1.29, 1.82) is 0 Å². The molecule has 0 spiro atoms. The Balaban J connectivity index is 2.27. The fourth-order valence-electron chi connectivity index (χ4n) is 1.55. The SMILES string of the molecule is CCCC1=NOC(=O)C1=Cc1ccc(C)s1. The minimum absolute atomic E-state index is 0.338. The molecule has 4 heteroatoms. The molecule has 1 aliphatic heterocycles. The third-order valence-corrected chi connectivity index (χ3v) is 3.25. The van der Waals surface area contributed by atoms with Crippen LogP contribution in [0.2, 0.25) is 0 Å². The minimum atomic E-state index is -0.338. The van der Waals surface area contributed by atoms with Crippen LogP contribution in [-0.4, -0.2) is 11.7 Å². The molecule has 2 heterocycles. The van der Waals surface area contributed by atoms with E-state index >= 15 is 0 Å². The van der Waals surface area contributed by atoms with Gasteiger partial charge >= 0.3 is 5.97 Å². The van der Waals surface area contributed by atoms with Gasteiger partial charge in [0.1, 0.15) is 0 Å². The van der Waals surface area contributed by atoms with Gasteiger partial charge in [0.2, 0.25) is 0 Å². The van der Waals surface area contributed by atoms with Crippen LogP contribution in [-0.2, 0) is 9.63 Å². The fourth-order valence-corrected chi connectivity index (χ4v) is 2.37. The minimum Gasteiger partial charge on any atom is -0.312 e. The molecule has 3 nitrogen and oxygen atoms in total. The molecule has 0 unspecified atom stereocenters. The van der Waals surface area contributed by atoms with Gasteiger partial charge in [0.05, 0.1) is 11.3 Å². The Labute approximate surface area is 98.4 Å². The first kappa shape index (κ1) is 11.1. The van der Waals surface area contributed by atoms with Gasteiger partial charge in [0.15, 0.2) is 0 Å². The zero-order chi connectivity index (χ0) is 11.5. The van der Waals surface area contributed by atoms with Crippen molar-refractivity contribution < 1.29 is 9.63 Å². The summed E-state index contributed by atoms with van der Waals surface area (Å²) in [7, 11) is 0. The second kappa shape index (κ2) is 4.61. The Kier molecular flexibility index (Phi) is 3.19. The summed E-state index contributed by atoms with van der Waals surface area (Å²) in [5, 5.41) is 3.79. The smallest absolute Gasteiger partial charge is 0.312 e. The van der Waals surface area contributed by atoms with Crippen molar-refractivity contribution in [3.63, 3.8) is 0 Å². The van der Waals surface area contributed by atoms with Crippen LogP contribution >= 0.6 is 11.3 Å². The highest BCUT2D eigenvalue weighted by Gasteiger charge is 2.24. The zero-order valence-electron chi connectivity index (χ0n) is 9.32. The molecule has 1 aromatic heterocycles. The first-order valence-electron chi connectivity index (χ1n) is 5.27. The highest BCUT2D eigenvalue weighted by molar-refractivity contribution is 7.12. The molecule has 0 radical (unpaired) electrons. The summed E-state index contributed by atoms with van der Waals surface area (Å²) in [5.41, 5.74) is 1.36. The van der Waals surface area contributed by atoms with E-state index in [9.17, 15) is 4.79 Å². The van der Waals surface area contributed by atoms with E-state index in [0.29, 0.717) is 5.57 Å². The topological polar surface area (TPSA) is 38.7 Å². The maximum Gasteiger partial charge on any atom is 0.367 e. The lowest BCUT2D eigenvalue weighted by molar-refractivity contribution is -0.136. The van der Waals surface area contributed by atoms with E-state index in [4.69, 9.17) is 4.84 Å². The number of carbonyl (C=O) groups excluding carboxylic acids is 1. The molecule has 0 amide bonds. The summed E-state index contributed by atoms with van der Waals surface area (Å²) in [4.78, 5) is 18.5. The maximum absolute atomic E-state index is 11.5. The van der Waals surface area contributed by atoms with Crippen molar-refractivity contribution in [2.45, 2.75) is 26.7 Å². The summed E-state index contributed by atoms with van der Waals surface area (Å²) >= 11 is 1.66. The van der Waals surface area contributed by atoms with Crippen molar-refractivity contribution >= 4 is 29.1 Å². The number of thiophene rings is 1. The van der Waals surface area contributed by atoms with Crippen molar-refractivity contribution in [3.8, 4) is 0 Å². The van der Waals surface area contributed by atoms with Gasteiger partial charge in [0.25, 0.3) is 0 Å². The van der Waals surface area contributed by atoms with Gasteiger partial charge in [-0.05, 0) is 31.6 Å². The standard InChI is InChI=1S/C12H13NO2S/c1-3-4-11-10(12(14)15-13-11)7-9-6-5-8(2)16-9/h5-7H,3-4H2,1-2H3. The largest absolute Gasteiger partial charge is 0.367 e. The first-order chi connectivity index (χ1) is 7.70. The van der Waals surface area contributed by atoms with Gasteiger partial charge in [-0.15, -0.1) is 11.3 Å². The zero-order valence-corrected chi connectivity index (χ0v) is 10.1. The van der Waals surface area contributed by atoms with Crippen molar-refractivity contribution in [2.24, 2.45) is 5.16 Å². The van der Waals surface area contributed by atoms with Crippen LogP contribution in [0.1, 0.15) is 29.5 Å². The molecule has 0 N–H and O–H groups in total. The summed E-state index contributed by atoms with van der Waals surface area (Å²) in [5.74, 6) is -0.338. The van der Waals surface area contributed by atoms with Crippen molar-refractivity contribution in [2.75, 3.05) is 0 Å². The average Bonchev–Trinajstić information content (AvgIpc) is 2.79. The van der Waals surface area contributed by atoms with Crippen molar-refractivity contribution in [3.05, 3.63) is 27.5 Å². The van der Waals surface area contributed by atoms with E-state index < -0.39 is 0 Å². The number of carbonyl (C=O) groups is 1. The van der Waals surface area contributed by atoms with Gasteiger partial charge < -0.3 is 4.84 Å². The Bertz CT molecular complexity index is 471. The normalized spacial score (nSPS) is 17.8. The Hall–Kier alpha value is -1.42. The van der Waals surface area contributed by atoms with Crippen molar-refractivity contribution in [1.82, 2.24) is 0 Å². The molecular formula is C12H13NO2S. The number of aryl methyl sites for hydroxylation is 1. The predicted octanol–water partition coefficient (Wildman–Crippen LogP) is 3.15. The fraction of sp³-hybridized carbons (Fsp3) is 0.333. The number of oxime groups is 1. The Morgan fingerprint density at radius 1 is 1.50 bits per heavy atom. The van der Waals surface area contributed by atoms with Gasteiger partial charge in [0, 0.05) is 9.75 Å². The van der Waals surface area contributed by atoms with Gasteiger partial charge in [-0.3, -0.25) is 0 Å². The highest BCUT2D eigenvalue weighted by Crippen LogP contribution is 2.22. The van der Waals surface area contributed by atoms with Gasteiger partial charge in [-0.1, -0.05) is 18.5 Å². The Morgan fingerprint density at radius 2 is 2.31 bits per heavy atom. The lowest BCUT2D eigenvalue weighted by Crippen LogP contribution is -2.04. The van der Waals surface area contributed by atoms with Gasteiger partial charge in [-0.25, -0.2) is 4.79 Å². The summed E-state index contributed by atoms with van der Waals surface area (Å²) < 4.78 is 0. The third kappa shape index (κ3) is 2.22. The molecule has 0 bridgehead atoms. The van der Waals surface area contributed by atoms with E-state index in [0.717, 1.165) is 23.4 Å². The second-order valence-electron chi connectivity index (χ2n) is 3.67. The van der Waals surface area contributed by atoms with Crippen LogP contribution in [0.5, 0.6) is 0 Å². The lowest BCUT2D eigenvalue weighted by Gasteiger charge is -1.95. The van der Waals surface area contributed by atoms with E-state index in [2.05, 4.69) is 12.1 Å². The third-order valence-electron chi connectivity index (χ3n) is 2.30. The second-order valence-corrected chi connectivity index (χ2v) is 4.99. The molecule has 1 aliphatic rings. The summed E-state index contributed by atoms with van der Waals surface area (Å²) in [6.07, 6.45) is 3.60. The monoisotopic (exact) mass is 235 g/mol. The molecule has 0 aromatic carbocycles. The molecular weight excluding hydrogens is 222 g/mol. The molecule has 0 atom stereocenters. The molecule has 0 fully saturated rings. The maximum atomic E-state index is 11.5. The highest BCUT2D eigenvalue weighted by atomic mass is 32.1. The van der Waals surface area contributed by atoms with Crippen LogP contribution in [0.15, 0.2) is 22.9 Å². The first-order valence-corrected chi connectivity index (χ1v) is 6.09. The predicted molar refractivity (Wildman–Crippen MR) is 65.5 cm³/mol. The Morgan fingerprint density at radius 3 is 2.94 bits per heavy atom. The average molecular weight is 235 g/mol.